The molecule has 1 aromatic carbocycles. The lowest BCUT2D eigenvalue weighted by Crippen LogP contribution is -2.37. The van der Waals surface area contributed by atoms with Crippen molar-refractivity contribution in [2.45, 2.75) is 6.54 Å². The van der Waals surface area contributed by atoms with Crippen LogP contribution in [0.1, 0.15) is 25.6 Å². The molecule has 3 amide bonds. The highest BCUT2D eigenvalue weighted by molar-refractivity contribution is 7.09. The molecule has 1 aliphatic heterocycles. The van der Waals surface area contributed by atoms with E-state index in [0.29, 0.717) is 6.54 Å². The van der Waals surface area contributed by atoms with E-state index in [1.165, 1.54) is 23.5 Å². The number of halogens is 2. The lowest BCUT2D eigenvalue weighted by Gasteiger charge is -2.13. The summed E-state index contributed by atoms with van der Waals surface area (Å²) in [7, 11) is 0. The van der Waals surface area contributed by atoms with Crippen molar-refractivity contribution in [2.75, 3.05) is 13.2 Å². The monoisotopic (exact) mass is 426 g/mol. The number of carbonyl (C=O) groups is 4. The van der Waals surface area contributed by atoms with Crippen molar-refractivity contribution in [2.24, 2.45) is 0 Å². The Hall–Kier alpha value is -2.42. The van der Waals surface area contributed by atoms with Crippen molar-refractivity contribution in [3.8, 4) is 0 Å². The SMILES string of the molecule is O=C(COC(=O)CN1C(=O)c2cc(Cl)c(Cl)cc2C1=O)NCc1cccs1. The first-order valence-electron chi connectivity index (χ1n) is 7.66. The van der Waals surface area contributed by atoms with Crippen LogP contribution in [0, 0.1) is 0 Å². The smallest absolute Gasteiger partial charge is 0.326 e. The van der Waals surface area contributed by atoms with Gasteiger partial charge in [-0.25, -0.2) is 0 Å². The highest BCUT2D eigenvalue weighted by atomic mass is 35.5. The molecule has 3 rings (SSSR count). The maximum absolute atomic E-state index is 12.3. The number of thiophene rings is 1. The molecule has 0 unspecified atom stereocenters. The van der Waals surface area contributed by atoms with Crippen molar-refractivity contribution in [3.05, 3.63) is 55.7 Å². The summed E-state index contributed by atoms with van der Waals surface area (Å²) < 4.78 is 4.83. The molecule has 0 saturated carbocycles. The fraction of sp³-hybridized carbons (Fsp3) is 0.176. The minimum Gasteiger partial charge on any atom is -0.454 e. The Labute approximate surface area is 167 Å². The average molecular weight is 427 g/mol. The van der Waals surface area contributed by atoms with Crippen molar-refractivity contribution < 1.29 is 23.9 Å². The Morgan fingerprint density at radius 1 is 1.11 bits per heavy atom. The van der Waals surface area contributed by atoms with Gasteiger partial charge >= 0.3 is 5.97 Å². The van der Waals surface area contributed by atoms with E-state index in [1.807, 2.05) is 17.5 Å². The number of rotatable bonds is 6. The fourth-order valence-electron chi connectivity index (χ4n) is 2.40. The number of imide groups is 1. The lowest BCUT2D eigenvalue weighted by molar-refractivity contribution is -0.148. The van der Waals surface area contributed by atoms with Crippen molar-refractivity contribution in [1.29, 1.82) is 0 Å². The fourth-order valence-corrected chi connectivity index (χ4v) is 3.37. The standard InChI is InChI=1S/C17H12Cl2N2O5S/c18-12-4-10-11(5-13(12)19)17(25)21(16(10)24)7-15(23)26-8-14(22)20-6-9-2-1-3-27-9/h1-5H,6-8H2,(H,20,22). The Kier molecular flexibility index (Phi) is 5.79. The molecule has 2 aromatic rings. The van der Waals surface area contributed by atoms with Crippen molar-refractivity contribution in [3.63, 3.8) is 0 Å². The molecule has 0 atom stereocenters. The number of hydrogen-bond donors (Lipinski definition) is 1. The summed E-state index contributed by atoms with van der Waals surface area (Å²) in [5.74, 6) is -2.72. The van der Waals surface area contributed by atoms with Gasteiger partial charge in [-0.2, -0.15) is 0 Å². The molecule has 7 nitrogen and oxygen atoms in total. The van der Waals surface area contributed by atoms with Gasteiger partial charge in [-0.3, -0.25) is 24.1 Å². The maximum Gasteiger partial charge on any atom is 0.326 e. The van der Waals surface area contributed by atoms with Crippen LogP contribution in [-0.2, 0) is 20.9 Å². The molecule has 2 heterocycles. The number of esters is 1. The summed E-state index contributed by atoms with van der Waals surface area (Å²) in [6, 6.07) is 6.28. The molecule has 27 heavy (non-hydrogen) atoms. The molecule has 1 aliphatic rings. The number of nitrogens with zero attached hydrogens (tertiary/aromatic N) is 1. The zero-order chi connectivity index (χ0) is 19.6. The van der Waals surface area contributed by atoms with E-state index in [-0.39, 0.29) is 21.2 Å². The van der Waals surface area contributed by atoms with E-state index in [4.69, 9.17) is 27.9 Å². The van der Waals surface area contributed by atoms with Gasteiger partial charge in [0.15, 0.2) is 6.61 Å². The number of nitrogens with one attached hydrogen (secondary N) is 1. The van der Waals surface area contributed by atoms with Crippen LogP contribution < -0.4 is 5.32 Å². The first-order valence-corrected chi connectivity index (χ1v) is 9.30. The number of ether oxygens (including phenoxy) is 1. The molecule has 1 N–H and O–H groups in total. The van der Waals surface area contributed by atoms with Crippen LogP contribution in [0.3, 0.4) is 0 Å². The third-order valence-electron chi connectivity index (χ3n) is 3.70. The first kappa shape index (κ1) is 19.3. The largest absolute Gasteiger partial charge is 0.454 e. The summed E-state index contributed by atoms with van der Waals surface area (Å²) >= 11 is 13.2. The molecule has 0 saturated heterocycles. The molecule has 140 valence electrons. The molecule has 1 aromatic heterocycles. The van der Waals surface area contributed by atoms with E-state index in [1.54, 1.807) is 0 Å². The second kappa shape index (κ2) is 8.08. The normalized spacial score (nSPS) is 12.9. The number of carbonyl (C=O) groups excluding carboxylic acids is 4. The van der Waals surface area contributed by atoms with Gasteiger partial charge in [-0.05, 0) is 23.6 Å². The Morgan fingerprint density at radius 2 is 1.74 bits per heavy atom. The van der Waals surface area contributed by atoms with Gasteiger partial charge in [-0.15, -0.1) is 11.3 Å². The summed E-state index contributed by atoms with van der Waals surface area (Å²) in [5, 5.41) is 4.73. The minimum atomic E-state index is -0.882. The van der Waals surface area contributed by atoms with Gasteiger partial charge in [0.1, 0.15) is 6.54 Å². The van der Waals surface area contributed by atoms with Gasteiger partial charge in [0.25, 0.3) is 17.7 Å². The van der Waals surface area contributed by atoms with E-state index < -0.39 is 36.8 Å². The minimum absolute atomic E-state index is 0.0656. The second-order valence-corrected chi connectivity index (χ2v) is 7.37. The third-order valence-corrected chi connectivity index (χ3v) is 5.30. The molecule has 0 spiro atoms. The van der Waals surface area contributed by atoms with Gasteiger partial charge in [0, 0.05) is 4.88 Å². The van der Waals surface area contributed by atoms with E-state index >= 15 is 0 Å². The van der Waals surface area contributed by atoms with Crippen LogP contribution in [0.5, 0.6) is 0 Å². The summed E-state index contributed by atoms with van der Waals surface area (Å²) in [6.07, 6.45) is 0. The van der Waals surface area contributed by atoms with Gasteiger partial charge in [0.2, 0.25) is 0 Å². The number of benzene rings is 1. The summed E-state index contributed by atoms with van der Waals surface area (Å²) in [5.41, 5.74) is 0.131. The highest BCUT2D eigenvalue weighted by Gasteiger charge is 2.37. The molecule has 10 heteroatoms. The predicted molar refractivity (Wildman–Crippen MR) is 99.0 cm³/mol. The Morgan fingerprint density at radius 3 is 2.30 bits per heavy atom. The Balaban J connectivity index is 1.53. The summed E-state index contributed by atoms with van der Waals surface area (Å²) in [4.78, 5) is 49.9. The molecule has 0 radical (unpaired) electrons. The van der Waals surface area contributed by atoms with E-state index in [2.05, 4.69) is 5.32 Å². The zero-order valence-electron chi connectivity index (χ0n) is 13.7. The molecular weight excluding hydrogens is 415 g/mol. The third kappa shape index (κ3) is 4.29. The maximum atomic E-state index is 12.3. The quantitative estimate of drug-likeness (QED) is 0.565. The predicted octanol–water partition coefficient (Wildman–Crippen LogP) is 2.51. The first-order chi connectivity index (χ1) is 12.9. The van der Waals surface area contributed by atoms with Gasteiger partial charge < -0.3 is 10.1 Å². The summed E-state index contributed by atoms with van der Waals surface area (Å²) in [6.45, 7) is -0.793. The van der Waals surface area contributed by atoms with Gasteiger partial charge in [-0.1, -0.05) is 29.3 Å². The molecular formula is C17H12Cl2N2O5S. The second-order valence-electron chi connectivity index (χ2n) is 5.53. The van der Waals surface area contributed by atoms with Crippen LogP contribution in [-0.4, -0.2) is 41.7 Å². The van der Waals surface area contributed by atoms with Crippen LogP contribution in [0.15, 0.2) is 29.6 Å². The number of fused-ring (bicyclic) bond motifs is 1. The molecule has 0 aliphatic carbocycles. The highest BCUT2D eigenvalue weighted by Crippen LogP contribution is 2.31. The van der Waals surface area contributed by atoms with Crippen LogP contribution >= 0.6 is 34.5 Å². The zero-order valence-corrected chi connectivity index (χ0v) is 16.0. The van der Waals surface area contributed by atoms with Crippen molar-refractivity contribution >= 4 is 58.2 Å². The van der Waals surface area contributed by atoms with Crippen LogP contribution in [0.4, 0.5) is 0 Å². The lowest BCUT2D eigenvalue weighted by atomic mass is 10.1. The molecule has 0 fully saturated rings. The van der Waals surface area contributed by atoms with E-state index in [9.17, 15) is 19.2 Å². The van der Waals surface area contributed by atoms with E-state index in [0.717, 1.165) is 9.78 Å². The molecule has 0 bridgehead atoms. The van der Waals surface area contributed by atoms with Crippen molar-refractivity contribution in [1.82, 2.24) is 10.2 Å². The Bertz CT molecular complexity index is 889. The topological polar surface area (TPSA) is 92.8 Å². The number of amides is 3. The average Bonchev–Trinajstić information content (AvgIpc) is 3.23. The van der Waals surface area contributed by atoms with Crippen LogP contribution in [0.25, 0.3) is 0 Å². The van der Waals surface area contributed by atoms with Gasteiger partial charge in [0.05, 0.1) is 27.7 Å². The number of hydrogen-bond acceptors (Lipinski definition) is 6. The van der Waals surface area contributed by atoms with Crippen LogP contribution in [0.2, 0.25) is 10.0 Å².